The van der Waals surface area contributed by atoms with Gasteiger partial charge in [0.2, 0.25) is 0 Å². The van der Waals surface area contributed by atoms with E-state index in [1.54, 1.807) is 6.07 Å². The lowest BCUT2D eigenvalue weighted by Crippen LogP contribution is -2.32. The molecule has 25 heavy (non-hydrogen) atoms. The van der Waals surface area contributed by atoms with E-state index in [2.05, 4.69) is 58.9 Å². The van der Waals surface area contributed by atoms with Gasteiger partial charge < -0.3 is 15.4 Å². The number of aromatic nitrogens is 1. The second-order valence-electron chi connectivity index (χ2n) is 6.52. The third-order valence-electron chi connectivity index (χ3n) is 4.77. The highest BCUT2D eigenvalue weighted by atomic mass is 16.3. The zero-order valence-electron chi connectivity index (χ0n) is 14.1. The summed E-state index contributed by atoms with van der Waals surface area (Å²) in [7, 11) is 0. The van der Waals surface area contributed by atoms with Crippen LogP contribution in [0.2, 0.25) is 0 Å². The minimum Gasteiger partial charge on any atom is -0.508 e. The molecule has 0 spiro atoms. The Labute approximate surface area is 147 Å². The Morgan fingerprint density at radius 2 is 2.00 bits per heavy atom. The molecule has 3 aromatic rings. The number of rotatable bonds is 4. The zero-order valence-corrected chi connectivity index (χ0v) is 14.1. The van der Waals surface area contributed by atoms with Crippen LogP contribution in [0.3, 0.4) is 0 Å². The van der Waals surface area contributed by atoms with Crippen LogP contribution in [0.5, 0.6) is 5.75 Å². The Bertz CT molecular complexity index is 922. The van der Waals surface area contributed by atoms with Crippen LogP contribution in [0.25, 0.3) is 22.6 Å². The number of H-pyrrole nitrogens is 1. The van der Waals surface area contributed by atoms with Crippen molar-refractivity contribution in [2.45, 2.75) is 18.9 Å². The molecule has 1 aromatic heterocycles. The molecule has 2 heterocycles. The van der Waals surface area contributed by atoms with Crippen molar-refractivity contribution in [2.75, 3.05) is 6.54 Å². The summed E-state index contributed by atoms with van der Waals surface area (Å²) < 4.78 is 0. The van der Waals surface area contributed by atoms with Gasteiger partial charge in [-0.25, -0.2) is 0 Å². The van der Waals surface area contributed by atoms with Crippen molar-refractivity contribution < 1.29 is 5.11 Å². The van der Waals surface area contributed by atoms with Gasteiger partial charge >= 0.3 is 0 Å². The van der Waals surface area contributed by atoms with Crippen LogP contribution in [0.1, 0.15) is 24.0 Å². The van der Waals surface area contributed by atoms with Gasteiger partial charge in [0.15, 0.2) is 0 Å². The third kappa shape index (κ3) is 3.52. The standard InChI is InChI=1S/C22H22N2O/c25-20-14-18(21-10-12-24-22(21)15-20)7-4-8-19-13-17(9-11-23-19)16-5-2-1-3-6-16/h1-7,9-10,12,14-15,19,23-25H,8,11,13H2. The summed E-state index contributed by atoms with van der Waals surface area (Å²) >= 11 is 0. The molecule has 1 aliphatic heterocycles. The van der Waals surface area contributed by atoms with Gasteiger partial charge in [-0.05, 0) is 41.7 Å². The van der Waals surface area contributed by atoms with E-state index >= 15 is 0 Å². The number of benzene rings is 2. The van der Waals surface area contributed by atoms with Crippen LogP contribution < -0.4 is 5.32 Å². The number of fused-ring (bicyclic) bond motifs is 1. The highest BCUT2D eigenvalue weighted by molar-refractivity contribution is 5.89. The van der Waals surface area contributed by atoms with Crippen LogP contribution in [0.4, 0.5) is 0 Å². The van der Waals surface area contributed by atoms with Gasteiger partial charge in [0.05, 0.1) is 0 Å². The van der Waals surface area contributed by atoms with E-state index in [9.17, 15) is 5.11 Å². The Morgan fingerprint density at radius 3 is 2.88 bits per heavy atom. The van der Waals surface area contributed by atoms with Gasteiger partial charge in [0.25, 0.3) is 0 Å². The van der Waals surface area contributed by atoms with Crippen LogP contribution in [0, 0.1) is 0 Å². The van der Waals surface area contributed by atoms with E-state index in [0.717, 1.165) is 35.9 Å². The van der Waals surface area contributed by atoms with Gasteiger partial charge in [0, 0.05) is 35.8 Å². The van der Waals surface area contributed by atoms with Crippen molar-refractivity contribution in [1.29, 1.82) is 0 Å². The van der Waals surface area contributed by atoms with Crippen LogP contribution in [-0.2, 0) is 0 Å². The molecule has 1 atom stereocenters. The van der Waals surface area contributed by atoms with Crippen molar-refractivity contribution in [3.63, 3.8) is 0 Å². The van der Waals surface area contributed by atoms with E-state index < -0.39 is 0 Å². The van der Waals surface area contributed by atoms with Gasteiger partial charge in [0.1, 0.15) is 5.75 Å². The Morgan fingerprint density at radius 1 is 1.12 bits per heavy atom. The number of hydrogen-bond acceptors (Lipinski definition) is 2. The smallest absolute Gasteiger partial charge is 0.118 e. The lowest BCUT2D eigenvalue weighted by atomic mass is 9.93. The minimum atomic E-state index is 0.291. The summed E-state index contributed by atoms with van der Waals surface area (Å²) in [4.78, 5) is 3.15. The molecule has 0 saturated heterocycles. The number of aromatic amines is 1. The quantitative estimate of drug-likeness (QED) is 0.648. The predicted molar refractivity (Wildman–Crippen MR) is 104 cm³/mol. The van der Waals surface area contributed by atoms with Crippen molar-refractivity contribution in [3.05, 3.63) is 78.0 Å². The van der Waals surface area contributed by atoms with E-state index in [1.807, 2.05) is 18.3 Å². The van der Waals surface area contributed by atoms with Crippen LogP contribution in [-0.4, -0.2) is 22.7 Å². The zero-order chi connectivity index (χ0) is 17.1. The topological polar surface area (TPSA) is 48.0 Å². The third-order valence-corrected chi connectivity index (χ3v) is 4.77. The Balaban J connectivity index is 1.45. The molecule has 0 radical (unpaired) electrons. The molecular formula is C22H22N2O. The lowest BCUT2D eigenvalue weighted by molar-refractivity contribution is 0.476. The first-order chi connectivity index (χ1) is 12.3. The maximum atomic E-state index is 9.86. The Hall–Kier alpha value is -2.78. The molecule has 126 valence electrons. The average molecular weight is 330 g/mol. The maximum absolute atomic E-state index is 9.86. The maximum Gasteiger partial charge on any atom is 0.118 e. The molecule has 4 rings (SSSR count). The number of nitrogens with one attached hydrogen (secondary N) is 2. The van der Waals surface area contributed by atoms with Crippen LogP contribution in [0.15, 0.2) is 66.9 Å². The SMILES string of the molecule is Oc1cc(C=CCC2CC(c3ccccc3)=CCN2)c2cc[nH]c2c1. The van der Waals surface area contributed by atoms with Gasteiger partial charge in [-0.3, -0.25) is 0 Å². The van der Waals surface area contributed by atoms with Crippen molar-refractivity contribution in [3.8, 4) is 5.75 Å². The molecular weight excluding hydrogens is 308 g/mol. The number of phenolic OH excluding ortho intramolecular Hbond substituents is 1. The van der Waals surface area contributed by atoms with E-state index in [0.29, 0.717) is 11.8 Å². The van der Waals surface area contributed by atoms with Gasteiger partial charge in [-0.15, -0.1) is 0 Å². The summed E-state index contributed by atoms with van der Waals surface area (Å²) in [5.74, 6) is 0.291. The molecule has 0 bridgehead atoms. The first kappa shape index (κ1) is 15.7. The van der Waals surface area contributed by atoms with Crippen molar-refractivity contribution in [2.24, 2.45) is 0 Å². The number of hydrogen-bond donors (Lipinski definition) is 3. The molecule has 0 amide bonds. The van der Waals surface area contributed by atoms with Crippen molar-refractivity contribution >= 4 is 22.6 Å². The molecule has 3 N–H and O–H groups in total. The second-order valence-corrected chi connectivity index (χ2v) is 6.52. The summed E-state index contributed by atoms with van der Waals surface area (Å²) in [6, 6.07) is 16.7. The monoisotopic (exact) mass is 330 g/mol. The van der Waals surface area contributed by atoms with Gasteiger partial charge in [-0.2, -0.15) is 0 Å². The largest absolute Gasteiger partial charge is 0.508 e. The van der Waals surface area contributed by atoms with Crippen molar-refractivity contribution in [1.82, 2.24) is 10.3 Å². The van der Waals surface area contributed by atoms with E-state index in [-0.39, 0.29) is 0 Å². The Kier molecular flexibility index (Phi) is 4.40. The predicted octanol–water partition coefficient (Wildman–Crippen LogP) is 4.72. The molecule has 0 aliphatic carbocycles. The number of phenols is 1. The fourth-order valence-electron chi connectivity index (χ4n) is 3.50. The summed E-state index contributed by atoms with van der Waals surface area (Å²) in [5, 5.41) is 14.6. The molecule has 3 heteroatoms. The lowest BCUT2D eigenvalue weighted by Gasteiger charge is -2.23. The van der Waals surface area contributed by atoms with Gasteiger partial charge in [-0.1, -0.05) is 48.6 Å². The number of aromatic hydroxyl groups is 1. The van der Waals surface area contributed by atoms with Crippen LogP contribution >= 0.6 is 0 Å². The fourth-order valence-corrected chi connectivity index (χ4v) is 3.50. The molecule has 0 saturated carbocycles. The molecule has 1 aliphatic rings. The highest BCUT2D eigenvalue weighted by Gasteiger charge is 2.14. The molecule has 0 fully saturated rings. The molecule has 3 nitrogen and oxygen atoms in total. The van der Waals surface area contributed by atoms with E-state index in [4.69, 9.17) is 0 Å². The fraction of sp³-hybridized carbons (Fsp3) is 0.182. The minimum absolute atomic E-state index is 0.291. The first-order valence-corrected chi connectivity index (χ1v) is 8.74. The molecule has 1 unspecified atom stereocenters. The molecule has 2 aromatic carbocycles. The normalized spacial score (nSPS) is 17.9. The summed E-state index contributed by atoms with van der Waals surface area (Å²) in [6.07, 6.45) is 10.5. The summed E-state index contributed by atoms with van der Waals surface area (Å²) in [6.45, 7) is 0.914. The second kappa shape index (κ2) is 6.99. The first-order valence-electron chi connectivity index (χ1n) is 8.74. The summed E-state index contributed by atoms with van der Waals surface area (Å²) in [5.41, 5.74) is 4.75. The average Bonchev–Trinajstić information content (AvgIpc) is 3.11. The van der Waals surface area contributed by atoms with E-state index in [1.165, 1.54) is 11.1 Å². The highest BCUT2D eigenvalue weighted by Crippen LogP contribution is 2.26.